The van der Waals surface area contributed by atoms with Gasteiger partial charge in [0.05, 0.1) is 11.5 Å². The van der Waals surface area contributed by atoms with Crippen molar-refractivity contribution in [1.82, 2.24) is 14.1 Å². The van der Waals surface area contributed by atoms with Crippen molar-refractivity contribution in [2.24, 2.45) is 7.05 Å². The number of ketones is 1. The number of hydrogen-bond donors (Lipinski definition) is 0. The van der Waals surface area contributed by atoms with E-state index in [1.165, 1.54) is 17.8 Å². The minimum Gasteiger partial charge on any atom is -0.294 e. The quantitative estimate of drug-likeness (QED) is 0.741. The van der Waals surface area contributed by atoms with Crippen LogP contribution in [0.4, 0.5) is 0 Å². The number of aromatic nitrogens is 3. The van der Waals surface area contributed by atoms with Gasteiger partial charge in [0.25, 0.3) is 5.56 Å². The van der Waals surface area contributed by atoms with E-state index in [0.717, 1.165) is 4.57 Å². The summed E-state index contributed by atoms with van der Waals surface area (Å²) >= 11 is 0. The van der Waals surface area contributed by atoms with E-state index >= 15 is 0 Å². The first-order chi connectivity index (χ1) is 10.1. The van der Waals surface area contributed by atoms with Crippen LogP contribution in [0.1, 0.15) is 28.8 Å². The van der Waals surface area contributed by atoms with Gasteiger partial charge in [0.2, 0.25) is 0 Å². The maximum atomic E-state index is 12.5. The molecule has 0 radical (unpaired) electrons. The van der Waals surface area contributed by atoms with Crippen LogP contribution in [0.3, 0.4) is 0 Å². The lowest BCUT2D eigenvalue weighted by Crippen LogP contribution is -2.40. The van der Waals surface area contributed by atoms with Crippen LogP contribution >= 0.6 is 0 Å². The van der Waals surface area contributed by atoms with Crippen LogP contribution in [0.5, 0.6) is 0 Å². The molecule has 2 aromatic rings. The Balaban J connectivity index is 2.52. The number of rotatable bonds is 1. The summed E-state index contributed by atoms with van der Waals surface area (Å²) in [6.07, 6.45) is 3.15. The predicted octanol–water partition coefficient (Wildman–Crippen LogP) is 0.138. The average molecular weight is 284 g/mol. The predicted molar refractivity (Wildman–Crippen MR) is 74.1 cm³/mol. The van der Waals surface area contributed by atoms with Gasteiger partial charge in [-0.3, -0.25) is 14.2 Å². The first-order valence-electron chi connectivity index (χ1n) is 6.57. The third kappa shape index (κ3) is 1.80. The van der Waals surface area contributed by atoms with Gasteiger partial charge in [-0.15, -0.1) is 0 Å². The summed E-state index contributed by atoms with van der Waals surface area (Å²) in [7, 11) is 1.50. The summed E-state index contributed by atoms with van der Waals surface area (Å²) in [5, 5.41) is 9.06. The molecule has 0 atom stereocenters. The first-order valence-corrected chi connectivity index (χ1v) is 6.57. The van der Waals surface area contributed by atoms with Gasteiger partial charge < -0.3 is 0 Å². The van der Waals surface area contributed by atoms with Crippen LogP contribution < -0.4 is 11.2 Å². The molecule has 3 rings (SSSR count). The molecule has 0 saturated heterocycles. The van der Waals surface area contributed by atoms with Crippen LogP contribution in [-0.4, -0.2) is 19.9 Å². The molecule has 7 nitrogen and oxygen atoms in total. The molecule has 0 spiro atoms. The van der Waals surface area contributed by atoms with Gasteiger partial charge in [-0.05, 0) is 18.4 Å². The summed E-state index contributed by atoms with van der Waals surface area (Å²) in [6, 6.07) is 1.81. The Morgan fingerprint density at radius 3 is 2.81 bits per heavy atom. The number of carbonyl (C=O) groups is 1. The summed E-state index contributed by atoms with van der Waals surface area (Å²) < 4.78 is 2.12. The van der Waals surface area contributed by atoms with E-state index in [1.54, 1.807) is 0 Å². The molecule has 1 aliphatic carbocycles. The Kier molecular flexibility index (Phi) is 2.94. The Labute approximate surface area is 119 Å². The zero-order chi connectivity index (χ0) is 15.1. The van der Waals surface area contributed by atoms with Crippen LogP contribution in [0.25, 0.3) is 11.0 Å². The highest BCUT2D eigenvalue weighted by Crippen LogP contribution is 2.24. The maximum absolute atomic E-state index is 12.5. The Bertz CT molecular complexity index is 930. The largest absolute Gasteiger partial charge is 0.333 e. The highest BCUT2D eigenvalue weighted by atomic mass is 16.2. The van der Waals surface area contributed by atoms with Crippen molar-refractivity contribution >= 4 is 16.8 Å². The Morgan fingerprint density at radius 2 is 2.10 bits per heavy atom. The van der Waals surface area contributed by atoms with Crippen LogP contribution in [0.2, 0.25) is 0 Å². The molecule has 2 heterocycles. The van der Waals surface area contributed by atoms with Crippen molar-refractivity contribution < 1.29 is 4.79 Å². The molecule has 106 valence electrons. The maximum Gasteiger partial charge on any atom is 0.333 e. The lowest BCUT2D eigenvalue weighted by atomic mass is 9.90. The summed E-state index contributed by atoms with van der Waals surface area (Å²) in [4.78, 5) is 40.7. The number of aryl methyl sites for hydroxylation is 2. The van der Waals surface area contributed by atoms with Crippen molar-refractivity contribution in [3.05, 3.63) is 38.2 Å². The molecule has 0 N–H and O–H groups in total. The fourth-order valence-corrected chi connectivity index (χ4v) is 2.78. The molecule has 0 bridgehead atoms. The van der Waals surface area contributed by atoms with Crippen molar-refractivity contribution in [3.8, 4) is 6.07 Å². The molecule has 0 fully saturated rings. The van der Waals surface area contributed by atoms with E-state index in [4.69, 9.17) is 5.26 Å². The molecule has 0 saturated carbocycles. The minimum absolute atomic E-state index is 0.0364. The average Bonchev–Trinajstić information content (AvgIpc) is 2.48. The fourth-order valence-electron chi connectivity index (χ4n) is 2.78. The molecular formula is C14H12N4O3. The second kappa shape index (κ2) is 4.66. The van der Waals surface area contributed by atoms with Crippen molar-refractivity contribution in [3.63, 3.8) is 0 Å². The second-order valence-electron chi connectivity index (χ2n) is 5.02. The second-order valence-corrected chi connectivity index (χ2v) is 5.02. The lowest BCUT2D eigenvalue weighted by Gasteiger charge is -2.17. The number of fused-ring (bicyclic) bond motifs is 3. The van der Waals surface area contributed by atoms with Gasteiger partial charge in [-0.25, -0.2) is 14.3 Å². The number of carbonyl (C=O) groups excluding carboxylic acids is 1. The molecule has 0 aromatic carbocycles. The van der Waals surface area contributed by atoms with E-state index in [2.05, 4.69) is 4.98 Å². The molecule has 0 aliphatic heterocycles. The third-order valence-electron chi connectivity index (χ3n) is 3.82. The fraction of sp³-hybridized carbons (Fsp3) is 0.357. The van der Waals surface area contributed by atoms with Crippen molar-refractivity contribution in [2.75, 3.05) is 0 Å². The van der Waals surface area contributed by atoms with Crippen molar-refractivity contribution in [1.29, 1.82) is 5.26 Å². The van der Waals surface area contributed by atoms with Gasteiger partial charge in [-0.2, -0.15) is 5.26 Å². The number of pyridine rings is 1. The highest BCUT2D eigenvalue weighted by Gasteiger charge is 2.24. The normalized spacial score (nSPS) is 14.0. The SMILES string of the molecule is Cn1c(=O)n(CC#N)c(=O)c2c3c(cnc21)C(=O)CCC3. The van der Waals surface area contributed by atoms with E-state index < -0.39 is 11.2 Å². The number of nitrogens with zero attached hydrogens (tertiary/aromatic N) is 4. The molecule has 0 unspecified atom stereocenters. The monoisotopic (exact) mass is 284 g/mol. The number of hydrogen-bond acceptors (Lipinski definition) is 5. The van der Waals surface area contributed by atoms with Gasteiger partial charge in [0.15, 0.2) is 5.78 Å². The Hall–Kier alpha value is -2.75. The summed E-state index contributed by atoms with van der Waals surface area (Å²) in [6.45, 7) is -0.320. The molecule has 7 heteroatoms. The number of nitriles is 1. The van der Waals surface area contributed by atoms with Crippen LogP contribution in [0, 0.1) is 11.3 Å². The lowest BCUT2D eigenvalue weighted by molar-refractivity contribution is 0.0972. The zero-order valence-electron chi connectivity index (χ0n) is 11.4. The number of Topliss-reactive ketones (excluding diaryl/α,β-unsaturated/α-hetero) is 1. The topological polar surface area (TPSA) is 97.8 Å². The molecule has 1 aliphatic rings. The van der Waals surface area contributed by atoms with E-state index in [0.29, 0.717) is 30.4 Å². The van der Waals surface area contributed by atoms with Crippen LogP contribution in [0.15, 0.2) is 15.8 Å². The van der Waals surface area contributed by atoms with Gasteiger partial charge in [-0.1, -0.05) is 0 Å². The standard InChI is InChI=1S/C14H12N4O3/c1-17-12-11(13(20)18(6-5-15)14(17)21)8-3-2-4-10(19)9(8)7-16-12/h7H,2-4,6H2,1H3. The smallest absolute Gasteiger partial charge is 0.294 e. The summed E-state index contributed by atoms with van der Waals surface area (Å²) in [5.74, 6) is -0.0364. The van der Waals surface area contributed by atoms with Gasteiger partial charge in [0, 0.05) is 25.2 Å². The molecule has 0 amide bonds. The van der Waals surface area contributed by atoms with Gasteiger partial charge >= 0.3 is 5.69 Å². The minimum atomic E-state index is -0.580. The molecular weight excluding hydrogens is 272 g/mol. The Morgan fingerprint density at radius 1 is 1.33 bits per heavy atom. The van der Waals surface area contributed by atoms with E-state index in [-0.39, 0.29) is 23.4 Å². The molecule has 21 heavy (non-hydrogen) atoms. The van der Waals surface area contributed by atoms with Crippen LogP contribution in [-0.2, 0) is 20.0 Å². The third-order valence-corrected chi connectivity index (χ3v) is 3.82. The van der Waals surface area contributed by atoms with Crippen molar-refractivity contribution in [2.45, 2.75) is 25.8 Å². The highest BCUT2D eigenvalue weighted by molar-refractivity contribution is 6.01. The van der Waals surface area contributed by atoms with Gasteiger partial charge in [0.1, 0.15) is 12.2 Å². The summed E-state index contributed by atoms with van der Waals surface area (Å²) in [5.41, 5.74) is 0.224. The molecule has 2 aromatic heterocycles. The van der Waals surface area contributed by atoms with E-state index in [9.17, 15) is 14.4 Å². The zero-order valence-corrected chi connectivity index (χ0v) is 11.4. The first kappa shape index (κ1) is 13.2. The van der Waals surface area contributed by atoms with E-state index in [1.807, 2.05) is 6.07 Å².